The quantitative estimate of drug-likeness (QED) is 0.513. The lowest BCUT2D eigenvalue weighted by atomic mass is 9.99. The van der Waals surface area contributed by atoms with Crippen molar-refractivity contribution in [1.29, 1.82) is 0 Å². The Labute approximate surface area is 109 Å². The molecule has 3 aromatic rings. The van der Waals surface area contributed by atoms with Crippen LogP contribution in [-0.2, 0) is 0 Å². The average Bonchev–Trinajstić information content (AvgIpc) is 2.73. The van der Waals surface area contributed by atoms with Gasteiger partial charge in [-0.2, -0.15) is 0 Å². The third-order valence-electron chi connectivity index (χ3n) is 3.69. The summed E-state index contributed by atoms with van der Waals surface area (Å²) in [5.41, 5.74) is 3.49. The largest absolute Gasteiger partial charge is 0.508 e. The highest BCUT2D eigenvalue weighted by molar-refractivity contribution is 6.27. The number of fused-ring (bicyclic) bond motifs is 5. The first-order chi connectivity index (χ1) is 9.25. The van der Waals surface area contributed by atoms with Gasteiger partial charge in [0.25, 0.3) is 0 Å². The van der Waals surface area contributed by atoms with E-state index in [1.807, 2.05) is 42.5 Å². The molecule has 90 valence electrons. The molecule has 3 aromatic carbocycles. The number of hydrogen-bond donors (Lipinski definition) is 1. The van der Waals surface area contributed by atoms with Crippen LogP contribution in [0.15, 0.2) is 54.6 Å². The Morgan fingerprint density at radius 2 is 1.58 bits per heavy atom. The molecule has 0 spiro atoms. The van der Waals surface area contributed by atoms with Crippen LogP contribution in [0.1, 0.15) is 15.9 Å². The minimum atomic E-state index is 0.0712. The maximum atomic E-state index is 12.5. The minimum Gasteiger partial charge on any atom is -0.508 e. The minimum absolute atomic E-state index is 0.0712. The van der Waals surface area contributed by atoms with Gasteiger partial charge in [0, 0.05) is 11.1 Å². The van der Waals surface area contributed by atoms with Crippen molar-refractivity contribution in [3.8, 4) is 16.9 Å². The Balaban J connectivity index is 2.15. The van der Waals surface area contributed by atoms with Crippen molar-refractivity contribution in [2.24, 2.45) is 0 Å². The van der Waals surface area contributed by atoms with Crippen molar-refractivity contribution in [2.75, 3.05) is 0 Å². The fourth-order valence-electron chi connectivity index (χ4n) is 2.84. The van der Waals surface area contributed by atoms with Gasteiger partial charge in [-0.05, 0) is 40.1 Å². The van der Waals surface area contributed by atoms with Crippen LogP contribution in [0.3, 0.4) is 0 Å². The van der Waals surface area contributed by atoms with Gasteiger partial charge in [-0.25, -0.2) is 0 Å². The van der Waals surface area contributed by atoms with Gasteiger partial charge >= 0.3 is 0 Å². The summed E-state index contributed by atoms with van der Waals surface area (Å²) in [5.74, 6) is 0.289. The molecule has 4 rings (SSSR count). The Bertz CT molecular complexity index is 847. The molecule has 0 saturated heterocycles. The maximum Gasteiger partial charge on any atom is 0.194 e. The molecule has 0 unspecified atom stereocenters. The molecule has 1 aliphatic rings. The highest BCUT2D eigenvalue weighted by Gasteiger charge is 2.27. The maximum absolute atomic E-state index is 12.5. The van der Waals surface area contributed by atoms with E-state index in [0.29, 0.717) is 0 Å². The van der Waals surface area contributed by atoms with E-state index in [4.69, 9.17) is 0 Å². The van der Waals surface area contributed by atoms with Gasteiger partial charge in [-0.15, -0.1) is 0 Å². The molecule has 1 N–H and O–H groups in total. The molecule has 0 fully saturated rings. The summed E-state index contributed by atoms with van der Waals surface area (Å²) in [7, 11) is 0. The molecule has 0 amide bonds. The molecule has 2 nitrogen and oxygen atoms in total. The van der Waals surface area contributed by atoms with Gasteiger partial charge in [0.05, 0.1) is 0 Å². The highest BCUT2D eigenvalue weighted by Crippen LogP contribution is 2.40. The number of ketones is 1. The van der Waals surface area contributed by atoms with E-state index < -0.39 is 0 Å². The van der Waals surface area contributed by atoms with E-state index in [1.54, 1.807) is 12.1 Å². The van der Waals surface area contributed by atoms with Gasteiger partial charge in [-0.1, -0.05) is 36.4 Å². The van der Waals surface area contributed by atoms with Crippen LogP contribution in [0, 0.1) is 0 Å². The molecule has 0 bridgehead atoms. The molecule has 0 aliphatic heterocycles. The third kappa shape index (κ3) is 1.28. The number of aromatic hydroxyl groups is 1. The summed E-state index contributed by atoms with van der Waals surface area (Å²) in [4.78, 5) is 12.5. The number of hydrogen-bond acceptors (Lipinski definition) is 2. The first-order valence-electron chi connectivity index (χ1n) is 6.15. The Morgan fingerprint density at radius 3 is 2.42 bits per heavy atom. The highest BCUT2D eigenvalue weighted by atomic mass is 16.3. The monoisotopic (exact) mass is 246 g/mol. The number of rotatable bonds is 0. The normalized spacial score (nSPS) is 12.5. The number of phenols is 1. The Hall–Kier alpha value is -2.61. The standard InChI is InChI=1S/C17H10O2/c18-11-6-8-12-10(9-11)5-7-14-13-3-1-2-4-15(13)17(19)16(12)14/h1-9,18H. The molecule has 2 heteroatoms. The molecule has 0 aromatic heterocycles. The van der Waals surface area contributed by atoms with Crippen molar-refractivity contribution >= 4 is 16.6 Å². The van der Waals surface area contributed by atoms with E-state index >= 15 is 0 Å². The molecule has 0 heterocycles. The van der Waals surface area contributed by atoms with Crippen molar-refractivity contribution < 1.29 is 9.90 Å². The predicted molar refractivity (Wildman–Crippen MR) is 74.5 cm³/mol. The Morgan fingerprint density at radius 1 is 0.789 bits per heavy atom. The molecule has 0 atom stereocenters. The molecule has 1 aliphatic carbocycles. The van der Waals surface area contributed by atoms with Crippen molar-refractivity contribution in [3.05, 3.63) is 65.7 Å². The Kier molecular flexibility index (Phi) is 1.88. The summed E-state index contributed by atoms with van der Waals surface area (Å²) >= 11 is 0. The summed E-state index contributed by atoms with van der Waals surface area (Å²) in [6.45, 7) is 0. The second-order valence-corrected chi connectivity index (χ2v) is 4.77. The predicted octanol–water partition coefficient (Wildman–Crippen LogP) is 3.76. The molecular weight excluding hydrogens is 236 g/mol. The lowest BCUT2D eigenvalue weighted by molar-refractivity contribution is 0.104. The lowest BCUT2D eigenvalue weighted by Gasteiger charge is -2.05. The fourth-order valence-corrected chi connectivity index (χ4v) is 2.84. The smallest absolute Gasteiger partial charge is 0.194 e. The van der Waals surface area contributed by atoms with Crippen molar-refractivity contribution in [1.82, 2.24) is 0 Å². The van der Waals surface area contributed by atoms with Crippen LogP contribution in [0.25, 0.3) is 21.9 Å². The van der Waals surface area contributed by atoms with E-state index in [1.165, 1.54) is 0 Å². The second kappa shape index (κ2) is 3.45. The summed E-state index contributed by atoms with van der Waals surface area (Å²) in [6, 6.07) is 16.7. The van der Waals surface area contributed by atoms with Gasteiger partial charge in [0.15, 0.2) is 5.78 Å². The first-order valence-corrected chi connectivity index (χ1v) is 6.15. The zero-order chi connectivity index (χ0) is 13.0. The van der Waals surface area contributed by atoms with Gasteiger partial charge in [0.1, 0.15) is 5.75 Å². The van der Waals surface area contributed by atoms with E-state index in [2.05, 4.69) is 0 Å². The number of phenolic OH excluding ortho intramolecular Hbond substituents is 1. The summed E-state index contributed by atoms with van der Waals surface area (Å²) < 4.78 is 0. The van der Waals surface area contributed by atoms with E-state index in [9.17, 15) is 9.90 Å². The van der Waals surface area contributed by atoms with E-state index in [-0.39, 0.29) is 11.5 Å². The van der Waals surface area contributed by atoms with Crippen LogP contribution in [0.5, 0.6) is 5.75 Å². The van der Waals surface area contributed by atoms with Crippen LogP contribution in [0.4, 0.5) is 0 Å². The average molecular weight is 246 g/mol. The third-order valence-corrected chi connectivity index (χ3v) is 3.69. The van der Waals surface area contributed by atoms with Crippen LogP contribution >= 0.6 is 0 Å². The van der Waals surface area contributed by atoms with Gasteiger partial charge in [0.2, 0.25) is 0 Å². The fraction of sp³-hybridized carbons (Fsp3) is 0. The molecule has 0 saturated carbocycles. The van der Waals surface area contributed by atoms with Crippen LogP contribution in [0.2, 0.25) is 0 Å². The van der Waals surface area contributed by atoms with Crippen LogP contribution < -0.4 is 0 Å². The number of carbonyl (C=O) groups is 1. The lowest BCUT2D eigenvalue weighted by Crippen LogP contribution is -1.95. The number of benzene rings is 3. The number of carbonyl (C=O) groups excluding carboxylic acids is 1. The van der Waals surface area contributed by atoms with Crippen LogP contribution in [-0.4, -0.2) is 10.9 Å². The molecular formula is C17H10O2. The zero-order valence-electron chi connectivity index (χ0n) is 10.1. The zero-order valence-corrected chi connectivity index (χ0v) is 10.1. The van der Waals surface area contributed by atoms with Crippen molar-refractivity contribution in [2.45, 2.75) is 0 Å². The SMILES string of the molecule is O=C1c2ccccc2-c2ccc3cc(O)ccc3c21. The topological polar surface area (TPSA) is 37.3 Å². The van der Waals surface area contributed by atoms with Crippen molar-refractivity contribution in [3.63, 3.8) is 0 Å². The van der Waals surface area contributed by atoms with Gasteiger partial charge in [-0.3, -0.25) is 4.79 Å². The summed E-state index contributed by atoms with van der Waals surface area (Å²) in [5, 5.41) is 11.3. The molecule has 0 radical (unpaired) electrons. The van der Waals surface area contributed by atoms with Gasteiger partial charge < -0.3 is 5.11 Å². The molecule has 19 heavy (non-hydrogen) atoms. The second-order valence-electron chi connectivity index (χ2n) is 4.77. The first kappa shape index (κ1) is 10.3. The summed E-state index contributed by atoms with van der Waals surface area (Å²) in [6.07, 6.45) is 0. The van der Waals surface area contributed by atoms with E-state index in [0.717, 1.165) is 33.0 Å².